The number of rotatable bonds is 1. The number of hydrogen-bond acceptors (Lipinski definition) is 2. The molecule has 84 valence electrons. The van der Waals surface area contributed by atoms with Gasteiger partial charge in [0.2, 0.25) is 0 Å². The molecule has 0 saturated carbocycles. The number of hydrogen-bond donors (Lipinski definition) is 0. The fraction of sp³-hybridized carbons (Fsp3) is 0.111. The van der Waals surface area contributed by atoms with Crippen molar-refractivity contribution in [2.75, 3.05) is 0 Å². The summed E-state index contributed by atoms with van der Waals surface area (Å²) in [7, 11) is 0. The van der Waals surface area contributed by atoms with Crippen molar-refractivity contribution in [1.29, 1.82) is 0 Å². The van der Waals surface area contributed by atoms with E-state index in [2.05, 4.69) is 26.0 Å². The number of nitrogens with zero attached hydrogens (tertiary/aromatic N) is 3. The molecule has 0 fully saturated rings. The molecule has 0 spiro atoms. The second-order valence-electron chi connectivity index (χ2n) is 3.00. The maximum Gasteiger partial charge on any atom is 0.419 e. The Kier molecular flexibility index (Phi) is 2.71. The number of pyridine rings is 1. The van der Waals surface area contributed by atoms with Crippen molar-refractivity contribution >= 4 is 15.9 Å². The smallest absolute Gasteiger partial charge is 0.237 e. The summed E-state index contributed by atoms with van der Waals surface area (Å²) < 4.78 is 38.7. The first-order valence-electron chi connectivity index (χ1n) is 4.20. The highest BCUT2D eigenvalue weighted by atomic mass is 79.9. The number of alkyl halides is 3. The molecule has 0 aliphatic heterocycles. The van der Waals surface area contributed by atoms with Crippen molar-refractivity contribution in [3.8, 4) is 5.82 Å². The molecule has 2 heterocycles. The van der Waals surface area contributed by atoms with Gasteiger partial charge in [0, 0.05) is 16.9 Å². The molecule has 16 heavy (non-hydrogen) atoms. The van der Waals surface area contributed by atoms with Gasteiger partial charge in [-0.3, -0.25) is 0 Å². The molecule has 0 aliphatic carbocycles. The van der Waals surface area contributed by atoms with Crippen LogP contribution in [-0.2, 0) is 6.18 Å². The zero-order valence-electron chi connectivity index (χ0n) is 7.74. The Morgan fingerprint density at radius 1 is 1.31 bits per heavy atom. The Labute approximate surface area is 97.0 Å². The largest absolute Gasteiger partial charge is 0.419 e. The average Bonchev–Trinajstić information content (AvgIpc) is 2.65. The lowest BCUT2D eigenvalue weighted by atomic mass is 10.3. The molecule has 0 aliphatic rings. The summed E-state index contributed by atoms with van der Waals surface area (Å²) in [5, 5.41) is 3.61. The number of aromatic nitrogens is 3. The van der Waals surface area contributed by atoms with Crippen LogP contribution in [0.2, 0.25) is 0 Å². The Morgan fingerprint density at radius 3 is 2.62 bits per heavy atom. The van der Waals surface area contributed by atoms with E-state index >= 15 is 0 Å². The predicted molar refractivity (Wildman–Crippen MR) is 54.1 cm³/mol. The van der Waals surface area contributed by atoms with Crippen LogP contribution in [0, 0.1) is 0 Å². The van der Waals surface area contributed by atoms with Crippen molar-refractivity contribution in [2.45, 2.75) is 6.18 Å². The highest BCUT2D eigenvalue weighted by Crippen LogP contribution is 2.29. The van der Waals surface area contributed by atoms with E-state index < -0.39 is 11.7 Å². The molecule has 0 unspecified atom stereocenters. The molecule has 0 radical (unpaired) electrons. The van der Waals surface area contributed by atoms with E-state index in [-0.39, 0.29) is 0 Å². The lowest BCUT2D eigenvalue weighted by Gasteiger charge is -2.01. The van der Waals surface area contributed by atoms with Gasteiger partial charge in [-0.1, -0.05) is 15.9 Å². The minimum Gasteiger partial charge on any atom is -0.237 e. The first-order valence-corrected chi connectivity index (χ1v) is 5.00. The third kappa shape index (κ3) is 2.24. The molecular weight excluding hydrogens is 287 g/mol. The molecule has 2 aromatic rings. The molecule has 0 N–H and O–H groups in total. The lowest BCUT2D eigenvalue weighted by Crippen LogP contribution is -2.03. The minimum atomic E-state index is -4.38. The molecule has 7 heteroatoms. The third-order valence-electron chi connectivity index (χ3n) is 1.85. The molecule has 0 amide bonds. The normalized spacial score (nSPS) is 11.8. The van der Waals surface area contributed by atoms with Crippen molar-refractivity contribution in [3.05, 3.63) is 40.8 Å². The number of halogens is 4. The van der Waals surface area contributed by atoms with Crippen LogP contribution >= 0.6 is 15.9 Å². The standard InChI is InChI=1S/C9H5BrF3N3/c10-7-1-2-14-8(3-7)16-5-6(4-15-16)9(11,12)13/h1-5H. The maximum absolute atomic E-state index is 12.3. The fourth-order valence-electron chi connectivity index (χ4n) is 1.11. The van der Waals surface area contributed by atoms with Crippen molar-refractivity contribution in [1.82, 2.24) is 14.8 Å². The van der Waals surface area contributed by atoms with E-state index in [1.807, 2.05) is 0 Å². The van der Waals surface area contributed by atoms with Gasteiger partial charge in [-0.05, 0) is 12.1 Å². The third-order valence-corrected chi connectivity index (χ3v) is 2.35. The van der Waals surface area contributed by atoms with Crippen LogP contribution in [0.25, 0.3) is 5.82 Å². The van der Waals surface area contributed by atoms with E-state index in [1.165, 1.54) is 6.20 Å². The zero-order valence-corrected chi connectivity index (χ0v) is 9.33. The van der Waals surface area contributed by atoms with E-state index in [0.29, 0.717) is 5.82 Å². The molecule has 3 nitrogen and oxygen atoms in total. The topological polar surface area (TPSA) is 30.7 Å². The van der Waals surface area contributed by atoms with Crippen LogP contribution < -0.4 is 0 Å². The summed E-state index contributed by atoms with van der Waals surface area (Å²) in [6, 6.07) is 3.25. The van der Waals surface area contributed by atoms with Gasteiger partial charge >= 0.3 is 6.18 Å². The molecule has 0 bridgehead atoms. The van der Waals surface area contributed by atoms with Crippen molar-refractivity contribution in [3.63, 3.8) is 0 Å². The van der Waals surface area contributed by atoms with E-state index in [0.717, 1.165) is 21.5 Å². The van der Waals surface area contributed by atoms with Gasteiger partial charge in [-0.15, -0.1) is 0 Å². The lowest BCUT2D eigenvalue weighted by molar-refractivity contribution is -0.137. The Morgan fingerprint density at radius 2 is 2.06 bits per heavy atom. The van der Waals surface area contributed by atoms with Gasteiger partial charge in [0.1, 0.15) is 0 Å². The van der Waals surface area contributed by atoms with Crippen LogP contribution in [0.1, 0.15) is 5.56 Å². The molecule has 0 atom stereocenters. The highest BCUT2D eigenvalue weighted by molar-refractivity contribution is 9.10. The minimum absolute atomic E-state index is 0.324. The first-order chi connectivity index (χ1) is 7.47. The Bertz CT molecular complexity index is 507. The quantitative estimate of drug-likeness (QED) is 0.808. The van der Waals surface area contributed by atoms with Gasteiger partial charge in [-0.25, -0.2) is 9.67 Å². The van der Waals surface area contributed by atoms with E-state index in [9.17, 15) is 13.2 Å². The van der Waals surface area contributed by atoms with E-state index in [1.54, 1.807) is 12.1 Å². The Balaban J connectivity index is 2.39. The van der Waals surface area contributed by atoms with Crippen LogP contribution in [0.4, 0.5) is 13.2 Å². The molecule has 0 aromatic carbocycles. The SMILES string of the molecule is FC(F)(F)c1cnn(-c2cc(Br)ccn2)c1. The summed E-state index contributed by atoms with van der Waals surface area (Å²) >= 11 is 3.20. The van der Waals surface area contributed by atoms with Gasteiger partial charge in [0.15, 0.2) is 5.82 Å². The molecule has 0 saturated heterocycles. The monoisotopic (exact) mass is 291 g/mol. The van der Waals surface area contributed by atoms with Crippen molar-refractivity contribution < 1.29 is 13.2 Å². The van der Waals surface area contributed by atoms with Crippen molar-refractivity contribution in [2.24, 2.45) is 0 Å². The summed E-state index contributed by atoms with van der Waals surface area (Å²) in [5.41, 5.74) is -0.797. The molecular formula is C9H5BrF3N3. The second-order valence-corrected chi connectivity index (χ2v) is 3.92. The summed E-state index contributed by atoms with van der Waals surface area (Å²) in [5.74, 6) is 0.324. The van der Waals surface area contributed by atoms with Crippen LogP contribution in [0.15, 0.2) is 35.2 Å². The van der Waals surface area contributed by atoms with Crippen LogP contribution in [0.5, 0.6) is 0 Å². The van der Waals surface area contributed by atoms with Gasteiger partial charge < -0.3 is 0 Å². The fourth-order valence-corrected chi connectivity index (χ4v) is 1.44. The first kappa shape index (κ1) is 11.1. The van der Waals surface area contributed by atoms with E-state index in [4.69, 9.17) is 0 Å². The van der Waals surface area contributed by atoms with Gasteiger partial charge in [0.25, 0.3) is 0 Å². The van der Waals surface area contributed by atoms with Gasteiger partial charge in [-0.2, -0.15) is 18.3 Å². The zero-order chi connectivity index (χ0) is 11.8. The summed E-state index contributed by atoms with van der Waals surface area (Å²) in [6.07, 6.45) is -1.24. The maximum atomic E-state index is 12.3. The summed E-state index contributed by atoms with van der Waals surface area (Å²) in [6.45, 7) is 0. The van der Waals surface area contributed by atoms with Gasteiger partial charge in [0.05, 0.1) is 11.8 Å². The van der Waals surface area contributed by atoms with Crippen LogP contribution in [0.3, 0.4) is 0 Å². The summed E-state index contributed by atoms with van der Waals surface area (Å²) in [4.78, 5) is 3.91. The Hall–Kier alpha value is -1.37. The average molecular weight is 292 g/mol. The highest BCUT2D eigenvalue weighted by Gasteiger charge is 2.32. The van der Waals surface area contributed by atoms with Crippen LogP contribution in [-0.4, -0.2) is 14.8 Å². The molecule has 2 rings (SSSR count). The molecule has 2 aromatic heterocycles. The predicted octanol–water partition coefficient (Wildman–Crippen LogP) is 3.05. The second kappa shape index (κ2) is 3.89.